The average Bonchev–Trinajstić information content (AvgIpc) is 2.28. The van der Waals surface area contributed by atoms with Gasteiger partial charge in [-0.1, -0.05) is 12.1 Å². The predicted octanol–water partition coefficient (Wildman–Crippen LogP) is 1.64. The van der Waals surface area contributed by atoms with Crippen molar-refractivity contribution in [1.29, 1.82) is 0 Å². The number of benzene rings is 1. The molecule has 0 aliphatic rings. The Bertz CT molecular complexity index is 363. The number of carbonyl (C=O) groups is 1. The fourth-order valence-electron chi connectivity index (χ4n) is 1.57. The first-order valence-corrected chi connectivity index (χ1v) is 5.80. The Morgan fingerprint density at radius 3 is 2.88 bits per heavy atom. The molecule has 0 aliphatic heterocycles. The minimum absolute atomic E-state index is 0.257. The Morgan fingerprint density at radius 1 is 1.47 bits per heavy atom. The third kappa shape index (κ3) is 5.47. The highest BCUT2D eigenvalue weighted by atomic mass is 16.4. The van der Waals surface area contributed by atoms with Crippen molar-refractivity contribution < 1.29 is 15.0 Å². The molecule has 0 radical (unpaired) electrons. The van der Waals surface area contributed by atoms with E-state index in [4.69, 9.17) is 10.2 Å². The maximum Gasteiger partial charge on any atom is 0.335 e. The lowest BCUT2D eigenvalue weighted by atomic mass is 10.1. The fourth-order valence-corrected chi connectivity index (χ4v) is 1.57. The van der Waals surface area contributed by atoms with Crippen molar-refractivity contribution in [2.75, 3.05) is 6.54 Å². The Balaban J connectivity index is 2.31. The van der Waals surface area contributed by atoms with Crippen molar-refractivity contribution in [1.82, 2.24) is 5.32 Å². The quantitative estimate of drug-likeness (QED) is 0.630. The molecule has 1 aromatic rings. The molecule has 0 saturated heterocycles. The summed E-state index contributed by atoms with van der Waals surface area (Å²) >= 11 is 0. The van der Waals surface area contributed by atoms with Crippen LogP contribution in [-0.4, -0.2) is 28.8 Å². The van der Waals surface area contributed by atoms with Gasteiger partial charge in [-0.25, -0.2) is 4.79 Å². The normalized spacial score (nSPS) is 12.4. The summed E-state index contributed by atoms with van der Waals surface area (Å²) < 4.78 is 0. The maximum atomic E-state index is 10.8. The number of hydrogen-bond acceptors (Lipinski definition) is 3. The van der Waals surface area contributed by atoms with Crippen LogP contribution in [0, 0.1) is 0 Å². The molecule has 1 atom stereocenters. The second-order valence-corrected chi connectivity index (χ2v) is 4.17. The third-order valence-corrected chi connectivity index (χ3v) is 2.48. The highest BCUT2D eigenvalue weighted by molar-refractivity contribution is 5.87. The van der Waals surface area contributed by atoms with Crippen molar-refractivity contribution >= 4 is 5.97 Å². The molecule has 17 heavy (non-hydrogen) atoms. The largest absolute Gasteiger partial charge is 0.478 e. The van der Waals surface area contributed by atoms with Crippen LogP contribution in [0.4, 0.5) is 0 Å². The van der Waals surface area contributed by atoms with E-state index in [1.54, 1.807) is 25.1 Å². The summed E-state index contributed by atoms with van der Waals surface area (Å²) in [5.41, 5.74) is 1.27. The molecule has 94 valence electrons. The number of carboxylic acids is 1. The Hall–Kier alpha value is -1.39. The molecule has 3 N–H and O–H groups in total. The monoisotopic (exact) mass is 237 g/mol. The van der Waals surface area contributed by atoms with E-state index in [1.807, 2.05) is 6.07 Å². The summed E-state index contributed by atoms with van der Waals surface area (Å²) in [5, 5.41) is 21.1. The first kappa shape index (κ1) is 13.7. The van der Waals surface area contributed by atoms with E-state index in [0.717, 1.165) is 24.9 Å². The SMILES string of the molecule is CC(O)CCCNCc1cccc(C(=O)O)c1. The summed E-state index contributed by atoms with van der Waals surface area (Å²) in [6, 6.07) is 6.90. The molecule has 4 heteroatoms. The number of nitrogens with one attached hydrogen (secondary N) is 1. The molecule has 1 unspecified atom stereocenters. The van der Waals surface area contributed by atoms with Crippen LogP contribution in [0.2, 0.25) is 0 Å². The van der Waals surface area contributed by atoms with Gasteiger partial charge in [0, 0.05) is 6.54 Å². The summed E-state index contributed by atoms with van der Waals surface area (Å²) in [6.45, 7) is 3.25. The van der Waals surface area contributed by atoms with Crippen LogP contribution in [0.25, 0.3) is 0 Å². The Labute approximate surface area is 101 Å². The zero-order valence-corrected chi connectivity index (χ0v) is 10.0. The predicted molar refractivity (Wildman–Crippen MR) is 66.0 cm³/mol. The molecule has 4 nitrogen and oxygen atoms in total. The number of rotatable bonds is 7. The molecule has 0 aromatic heterocycles. The standard InChI is InChI=1S/C13H19NO3/c1-10(15)4-3-7-14-9-11-5-2-6-12(8-11)13(16)17/h2,5-6,8,10,14-15H,3-4,7,9H2,1H3,(H,16,17). The molecule has 1 rings (SSSR count). The molecule has 0 saturated carbocycles. The molecular formula is C13H19NO3. The number of aliphatic hydroxyl groups excluding tert-OH is 1. The lowest BCUT2D eigenvalue weighted by Crippen LogP contribution is -2.16. The van der Waals surface area contributed by atoms with E-state index in [9.17, 15) is 4.79 Å². The summed E-state index contributed by atoms with van der Waals surface area (Å²) in [6.07, 6.45) is 1.44. The fraction of sp³-hybridized carbons (Fsp3) is 0.462. The third-order valence-electron chi connectivity index (χ3n) is 2.48. The molecule has 0 heterocycles. The summed E-state index contributed by atoms with van der Waals surface area (Å²) in [5.74, 6) is -0.902. The van der Waals surface area contributed by atoms with E-state index in [-0.39, 0.29) is 6.10 Å². The lowest BCUT2D eigenvalue weighted by Gasteiger charge is -2.07. The van der Waals surface area contributed by atoms with Gasteiger partial charge < -0.3 is 15.5 Å². The van der Waals surface area contributed by atoms with Crippen molar-refractivity contribution in [2.45, 2.75) is 32.4 Å². The van der Waals surface area contributed by atoms with Gasteiger partial charge in [-0.3, -0.25) is 0 Å². The molecule has 0 amide bonds. The smallest absolute Gasteiger partial charge is 0.335 e. The van der Waals surface area contributed by atoms with Crippen LogP contribution in [0.1, 0.15) is 35.7 Å². The molecule has 0 aliphatic carbocycles. The van der Waals surface area contributed by atoms with Gasteiger partial charge >= 0.3 is 5.97 Å². The van der Waals surface area contributed by atoms with Crippen LogP contribution in [0.15, 0.2) is 24.3 Å². The van der Waals surface area contributed by atoms with Gasteiger partial charge in [0.2, 0.25) is 0 Å². The van der Waals surface area contributed by atoms with Crippen molar-refractivity contribution in [2.24, 2.45) is 0 Å². The number of carboxylic acid groups (broad SMARTS) is 1. The van der Waals surface area contributed by atoms with Gasteiger partial charge in [-0.05, 0) is 44.0 Å². The van der Waals surface area contributed by atoms with E-state index >= 15 is 0 Å². The van der Waals surface area contributed by atoms with Crippen LogP contribution < -0.4 is 5.32 Å². The molecule has 0 spiro atoms. The minimum atomic E-state index is -0.902. The van der Waals surface area contributed by atoms with Gasteiger partial charge in [0.15, 0.2) is 0 Å². The van der Waals surface area contributed by atoms with Crippen molar-refractivity contribution in [3.8, 4) is 0 Å². The first-order valence-electron chi connectivity index (χ1n) is 5.80. The summed E-state index contributed by atoms with van der Waals surface area (Å²) in [7, 11) is 0. The highest BCUT2D eigenvalue weighted by Crippen LogP contribution is 2.05. The van der Waals surface area contributed by atoms with Crippen molar-refractivity contribution in [3.05, 3.63) is 35.4 Å². The molecular weight excluding hydrogens is 218 g/mol. The van der Waals surface area contributed by atoms with E-state index in [0.29, 0.717) is 12.1 Å². The topological polar surface area (TPSA) is 69.6 Å². The summed E-state index contributed by atoms with van der Waals surface area (Å²) in [4.78, 5) is 10.8. The van der Waals surface area contributed by atoms with Crippen LogP contribution in [0.3, 0.4) is 0 Å². The highest BCUT2D eigenvalue weighted by Gasteiger charge is 2.02. The second-order valence-electron chi connectivity index (χ2n) is 4.17. The van der Waals surface area contributed by atoms with Crippen LogP contribution >= 0.6 is 0 Å². The van der Waals surface area contributed by atoms with E-state index in [1.165, 1.54) is 0 Å². The van der Waals surface area contributed by atoms with E-state index in [2.05, 4.69) is 5.32 Å². The van der Waals surface area contributed by atoms with Gasteiger partial charge in [-0.15, -0.1) is 0 Å². The van der Waals surface area contributed by atoms with E-state index < -0.39 is 5.97 Å². The van der Waals surface area contributed by atoms with Gasteiger partial charge in [-0.2, -0.15) is 0 Å². The Kier molecular flexibility index (Phi) is 5.66. The minimum Gasteiger partial charge on any atom is -0.478 e. The molecule has 0 bridgehead atoms. The molecule has 0 fully saturated rings. The van der Waals surface area contributed by atoms with Gasteiger partial charge in [0.1, 0.15) is 0 Å². The van der Waals surface area contributed by atoms with Crippen molar-refractivity contribution in [3.63, 3.8) is 0 Å². The average molecular weight is 237 g/mol. The molecule has 1 aromatic carbocycles. The lowest BCUT2D eigenvalue weighted by molar-refractivity contribution is 0.0696. The van der Waals surface area contributed by atoms with Gasteiger partial charge in [0.05, 0.1) is 11.7 Å². The zero-order valence-electron chi connectivity index (χ0n) is 10.0. The zero-order chi connectivity index (χ0) is 12.7. The van der Waals surface area contributed by atoms with Crippen LogP contribution in [0.5, 0.6) is 0 Å². The first-order chi connectivity index (χ1) is 8.09. The number of hydrogen-bond donors (Lipinski definition) is 3. The maximum absolute atomic E-state index is 10.8. The van der Waals surface area contributed by atoms with Gasteiger partial charge in [0.25, 0.3) is 0 Å². The second kappa shape index (κ2) is 7.04. The Morgan fingerprint density at radius 2 is 2.24 bits per heavy atom. The van der Waals surface area contributed by atoms with Crippen LogP contribution in [-0.2, 0) is 6.54 Å². The number of aromatic carboxylic acids is 1. The number of aliphatic hydroxyl groups is 1.